The summed E-state index contributed by atoms with van der Waals surface area (Å²) in [6.45, 7) is 9.34. The van der Waals surface area contributed by atoms with Crippen LogP contribution in [-0.4, -0.2) is 14.3 Å². The van der Waals surface area contributed by atoms with E-state index in [1.807, 2.05) is 19.6 Å². The van der Waals surface area contributed by atoms with Crippen LogP contribution in [0.25, 0.3) is 0 Å². The number of carbonyl (C=O) groups is 1. The summed E-state index contributed by atoms with van der Waals surface area (Å²) in [6, 6.07) is 0. The molecule has 3 heteroatoms. The summed E-state index contributed by atoms with van der Waals surface area (Å²) >= 11 is 0. The van der Waals surface area contributed by atoms with Crippen LogP contribution in [-0.2, 0) is 9.22 Å². The van der Waals surface area contributed by atoms with Gasteiger partial charge in [-0.2, -0.15) is 0 Å². The van der Waals surface area contributed by atoms with Gasteiger partial charge in [-0.15, -0.1) is 0 Å². The molecule has 0 aromatic carbocycles. The van der Waals surface area contributed by atoms with E-state index in [-0.39, 0.29) is 12.4 Å². The molecule has 0 spiro atoms. The summed E-state index contributed by atoms with van der Waals surface area (Å²) in [4.78, 5) is 10.6. The lowest BCUT2D eigenvalue weighted by atomic mass is 10.5. The van der Waals surface area contributed by atoms with Gasteiger partial charge in [-0.05, 0) is 26.6 Å². The number of hydrogen-bond acceptors (Lipinski definition) is 2. The van der Waals surface area contributed by atoms with Crippen molar-refractivity contribution in [1.29, 1.82) is 0 Å². The molecular weight excluding hydrogens is 132 g/mol. The van der Waals surface area contributed by atoms with E-state index in [2.05, 4.69) is 6.92 Å². The van der Waals surface area contributed by atoms with Crippen LogP contribution in [0, 0.1) is 6.92 Å². The van der Waals surface area contributed by atoms with Gasteiger partial charge in [-0.25, -0.2) is 0 Å². The van der Waals surface area contributed by atoms with Crippen molar-refractivity contribution in [2.75, 3.05) is 0 Å². The second-order valence-corrected chi connectivity index (χ2v) is 7.27. The summed E-state index contributed by atoms with van der Waals surface area (Å²) < 4.78 is 5.02. The molecule has 0 heterocycles. The maximum absolute atomic E-state index is 10.6. The Balaban J connectivity index is 3.60. The zero-order valence-electron chi connectivity index (χ0n) is 6.23. The minimum Gasteiger partial charge on any atom is -0.520 e. The zero-order chi connectivity index (χ0) is 7.49. The van der Waals surface area contributed by atoms with Crippen LogP contribution in [0.15, 0.2) is 0 Å². The lowest BCUT2D eigenvalue weighted by Crippen LogP contribution is -2.28. The fraction of sp³-hybridized carbons (Fsp3) is 0.667. The summed E-state index contributed by atoms with van der Waals surface area (Å²) in [6.07, 6.45) is 0.240. The fourth-order valence-electron chi connectivity index (χ4n) is 0.393. The summed E-state index contributed by atoms with van der Waals surface area (Å²) in [5.74, 6) is -0.186. The molecule has 0 bridgehead atoms. The van der Waals surface area contributed by atoms with Gasteiger partial charge in [0, 0.05) is 6.42 Å². The first kappa shape index (κ1) is 8.69. The third kappa shape index (κ3) is 5.56. The number of rotatable bonds is 2. The minimum absolute atomic E-state index is 0.186. The Bertz CT molecular complexity index is 104. The maximum Gasteiger partial charge on any atom is 0.292 e. The van der Waals surface area contributed by atoms with Gasteiger partial charge in [-0.3, -0.25) is 4.79 Å². The van der Waals surface area contributed by atoms with Gasteiger partial charge in [0.1, 0.15) is 0 Å². The molecule has 0 amide bonds. The third-order valence-electron chi connectivity index (χ3n) is 0.624. The molecule has 0 aliphatic carbocycles. The van der Waals surface area contributed by atoms with Crippen LogP contribution < -0.4 is 0 Å². The van der Waals surface area contributed by atoms with Crippen molar-refractivity contribution in [3.8, 4) is 0 Å². The monoisotopic (exact) mass is 145 g/mol. The summed E-state index contributed by atoms with van der Waals surface area (Å²) in [5.41, 5.74) is 0. The summed E-state index contributed by atoms with van der Waals surface area (Å²) in [5, 5.41) is 0. The van der Waals surface area contributed by atoms with Crippen molar-refractivity contribution in [3.05, 3.63) is 6.92 Å². The summed E-state index contributed by atoms with van der Waals surface area (Å²) in [7, 11) is -1.63. The lowest BCUT2D eigenvalue weighted by Gasteiger charge is -2.15. The van der Waals surface area contributed by atoms with Crippen molar-refractivity contribution in [2.24, 2.45) is 0 Å². The molecular formula is C6H13O2Si. The molecule has 0 N–H and O–H groups in total. The second kappa shape index (κ2) is 3.01. The minimum atomic E-state index is -1.63. The van der Waals surface area contributed by atoms with Crippen LogP contribution in [0.2, 0.25) is 19.6 Å². The zero-order valence-corrected chi connectivity index (χ0v) is 7.23. The maximum atomic E-state index is 10.6. The van der Waals surface area contributed by atoms with E-state index >= 15 is 0 Å². The highest BCUT2D eigenvalue weighted by atomic mass is 28.4. The highest BCUT2D eigenvalue weighted by Gasteiger charge is 2.18. The van der Waals surface area contributed by atoms with Crippen molar-refractivity contribution in [1.82, 2.24) is 0 Å². The topological polar surface area (TPSA) is 26.3 Å². The smallest absolute Gasteiger partial charge is 0.292 e. The van der Waals surface area contributed by atoms with E-state index in [0.29, 0.717) is 0 Å². The molecule has 53 valence electrons. The number of hydrogen-bond donors (Lipinski definition) is 0. The predicted octanol–water partition coefficient (Wildman–Crippen LogP) is 1.59. The molecule has 0 aromatic heterocycles. The molecule has 2 nitrogen and oxygen atoms in total. The van der Waals surface area contributed by atoms with Gasteiger partial charge in [0.25, 0.3) is 5.97 Å². The quantitative estimate of drug-likeness (QED) is 0.551. The third-order valence-corrected chi connectivity index (χ3v) is 1.46. The highest BCUT2D eigenvalue weighted by Crippen LogP contribution is 2.03. The Morgan fingerprint density at radius 2 is 2.00 bits per heavy atom. The fourth-order valence-corrected chi connectivity index (χ4v) is 1.18. The average Bonchev–Trinajstić information content (AvgIpc) is 1.62. The van der Waals surface area contributed by atoms with Crippen molar-refractivity contribution in [2.45, 2.75) is 26.1 Å². The predicted molar refractivity (Wildman–Crippen MR) is 39.4 cm³/mol. The van der Waals surface area contributed by atoms with Crippen LogP contribution in [0.4, 0.5) is 0 Å². The van der Waals surface area contributed by atoms with Crippen molar-refractivity contribution < 1.29 is 9.22 Å². The highest BCUT2D eigenvalue weighted by molar-refractivity contribution is 6.71. The Kier molecular flexibility index (Phi) is 2.90. The first-order chi connectivity index (χ1) is 3.95. The van der Waals surface area contributed by atoms with Crippen molar-refractivity contribution in [3.63, 3.8) is 0 Å². The van der Waals surface area contributed by atoms with Crippen LogP contribution in [0.5, 0.6) is 0 Å². The van der Waals surface area contributed by atoms with Gasteiger partial charge in [0.05, 0.1) is 0 Å². The molecule has 0 rings (SSSR count). The van der Waals surface area contributed by atoms with Crippen LogP contribution >= 0.6 is 0 Å². The molecule has 0 saturated carbocycles. The van der Waals surface area contributed by atoms with E-state index in [9.17, 15) is 4.79 Å². The number of carbonyl (C=O) groups excluding carboxylic acids is 1. The van der Waals surface area contributed by atoms with Crippen LogP contribution in [0.3, 0.4) is 0 Å². The average molecular weight is 145 g/mol. The van der Waals surface area contributed by atoms with Gasteiger partial charge >= 0.3 is 0 Å². The lowest BCUT2D eigenvalue weighted by molar-refractivity contribution is -0.134. The van der Waals surface area contributed by atoms with E-state index in [4.69, 9.17) is 4.43 Å². The largest absolute Gasteiger partial charge is 0.520 e. The molecule has 0 aliphatic heterocycles. The molecule has 0 fully saturated rings. The SMILES string of the molecule is [CH2]CC(=O)O[Si](C)(C)C. The van der Waals surface area contributed by atoms with Gasteiger partial charge < -0.3 is 4.43 Å². The van der Waals surface area contributed by atoms with Crippen LogP contribution in [0.1, 0.15) is 6.42 Å². The Morgan fingerprint density at radius 1 is 1.56 bits per heavy atom. The molecule has 0 saturated heterocycles. The van der Waals surface area contributed by atoms with Gasteiger partial charge in [0.2, 0.25) is 8.32 Å². The standard InChI is InChI=1S/C6H13O2Si/c1-5-6(7)8-9(2,3)4/h1,5H2,2-4H3. The molecule has 0 aliphatic rings. The molecule has 0 atom stereocenters. The van der Waals surface area contributed by atoms with Gasteiger partial charge in [0.15, 0.2) is 0 Å². The Labute approximate surface area is 57.3 Å². The molecule has 0 aromatic rings. The molecule has 9 heavy (non-hydrogen) atoms. The molecule has 0 unspecified atom stereocenters. The Morgan fingerprint density at radius 3 is 2.11 bits per heavy atom. The first-order valence-electron chi connectivity index (χ1n) is 2.97. The van der Waals surface area contributed by atoms with E-state index in [1.54, 1.807) is 0 Å². The first-order valence-corrected chi connectivity index (χ1v) is 6.37. The molecule has 1 radical (unpaired) electrons. The van der Waals surface area contributed by atoms with E-state index in [1.165, 1.54) is 0 Å². The normalized spacial score (nSPS) is 11.1. The van der Waals surface area contributed by atoms with Crippen molar-refractivity contribution >= 4 is 14.3 Å². The second-order valence-electron chi connectivity index (χ2n) is 2.84. The van der Waals surface area contributed by atoms with E-state index in [0.717, 1.165) is 0 Å². The Hall–Kier alpha value is -0.313. The van der Waals surface area contributed by atoms with Gasteiger partial charge in [-0.1, -0.05) is 0 Å². The van der Waals surface area contributed by atoms with E-state index < -0.39 is 8.32 Å².